The van der Waals surface area contributed by atoms with Gasteiger partial charge in [-0.25, -0.2) is 13.2 Å². The number of ether oxygens (including phenoxy) is 1. The van der Waals surface area contributed by atoms with Crippen LogP contribution >= 0.6 is 0 Å². The molecule has 0 spiro atoms. The molecule has 0 N–H and O–H groups in total. The predicted octanol–water partition coefficient (Wildman–Crippen LogP) is 0.626. The standard InChI is InChI=1S/C9H9O4S/c1-6-4-3-5-7(14(11)12)8(6)9(10)13-2/h3-5,14H,1H2,2H3. The molecule has 0 saturated heterocycles. The van der Waals surface area contributed by atoms with E-state index >= 15 is 0 Å². The summed E-state index contributed by atoms with van der Waals surface area (Å²) in [5, 5.41) is 0. The van der Waals surface area contributed by atoms with Crippen LogP contribution in [0.15, 0.2) is 23.1 Å². The summed E-state index contributed by atoms with van der Waals surface area (Å²) in [7, 11) is -1.62. The first kappa shape index (κ1) is 10.7. The molecule has 1 aromatic rings. The van der Waals surface area contributed by atoms with Crippen molar-refractivity contribution in [1.82, 2.24) is 0 Å². The Morgan fingerprint density at radius 3 is 2.57 bits per heavy atom. The summed E-state index contributed by atoms with van der Waals surface area (Å²) in [5.41, 5.74) is 0.347. The first-order valence-electron chi connectivity index (χ1n) is 3.75. The van der Waals surface area contributed by atoms with Crippen LogP contribution in [0.5, 0.6) is 0 Å². The minimum Gasteiger partial charge on any atom is -0.465 e. The number of hydrogen-bond donors (Lipinski definition) is 1. The van der Waals surface area contributed by atoms with Gasteiger partial charge in [0.2, 0.25) is 0 Å². The van der Waals surface area contributed by atoms with Crippen molar-refractivity contribution >= 4 is 16.7 Å². The number of benzene rings is 1. The monoisotopic (exact) mass is 213 g/mol. The Labute approximate surface area is 83.5 Å². The molecule has 0 aliphatic heterocycles. The average molecular weight is 213 g/mol. The van der Waals surface area contributed by atoms with Gasteiger partial charge in [0.05, 0.1) is 17.6 Å². The van der Waals surface area contributed by atoms with Crippen molar-refractivity contribution in [2.75, 3.05) is 7.11 Å². The van der Waals surface area contributed by atoms with Crippen molar-refractivity contribution in [3.05, 3.63) is 36.2 Å². The predicted molar refractivity (Wildman–Crippen MR) is 50.8 cm³/mol. The molecule has 0 bridgehead atoms. The van der Waals surface area contributed by atoms with E-state index in [1.165, 1.54) is 19.2 Å². The van der Waals surface area contributed by atoms with Crippen molar-refractivity contribution in [2.45, 2.75) is 4.90 Å². The quantitative estimate of drug-likeness (QED) is 0.578. The Balaban J connectivity index is 3.44. The molecule has 0 aliphatic rings. The van der Waals surface area contributed by atoms with Crippen LogP contribution in [0, 0.1) is 6.92 Å². The number of thiol groups is 1. The maximum Gasteiger partial charge on any atom is 0.339 e. The van der Waals surface area contributed by atoms with E-state index in [1.807, 2.05) is 0 Å². The van der Waals surface area contributed by atoms with E-state index in [2.05, 4.69) is 11.7 Å². The van der Waals surface area contributed by atoms with Crippen molar-refractivity contribution in [3.63, 3.8) is 0 Å². The molecule has 1 aromatic carbocycles. The number of carbonyl (C=O) groups is 1. The molecule has 1 rings (SSSR count). The van der Waals surface area contributed by atoms with Crippen molar-refractivity contribution in [2.24, 2.45) is 0 Å². The van der Waals surface area contributed by atoms with E-state index in [0.717, 1.165) is 0 Å². The number of carbonyl (C=O) groups excluding carboxylic acids is 1. The summed E-state index contributed by atoms with van der Waals surface area (Å²) in [6, 6.07) is 4.41. The number of rotatable bonds is 2. The number of hydrogen-bond acceptors (Lipinski definition) is 4. The second-order valence-corrected chi connectivity index (χ2v) is 3.56. The minimum atomic E-state index is -2.81. The van der Waals surface area contributed by atoms with Gasteiger partial charge < -0.3 is 4.74 Å². The molecule has 5 heteroatoms. The van der Waals surface area contributed by atoms with E-state index in [4.69, 9.17) is 0 Å². The summed E-state index contributed by atoms with van der Waals surface area (Å²) >= 11 is 0. The zero-order chi connectivity index (χ0) is 10.7. The lowest BCUT2D eigenvalue weighted by atomic mass is 10.1. The van der Waals surface area contributed by atoms with Gasteiger partial charge in [0.1, 0.15) is 0 Å². The Hall–Kier alpha value is -1.36. The Bertz CT molecular complexity index is 426. The summed E-state index contributed by atoms with van der Waals surface area (Å²) in [4.78, 5) is 11.2. The summed E-state index contributed by atoms with van der Waals surface area (Å²) < 4.78 is 26.1. The Morgan fingerprint density at radius 2 is 2.07 bits per heavy atom. The van der Waals surface area contributed by atoms with Crippen LogP contribution in [-0.4, -0.2) is 21.5 Å². The van der Waals surface area contributed by atoms with Crippen molar-refractivity contribution in [3.8, 4) is 0 Å². The fraction of sp³-hybridized carbons (Fsp3) is 0.111. The van der Waals surface area contributed by atoms with Crippen molar-refractivity contribution in [1.29, 1.82) is 0 Å². The molecule has 0 atom stereocenters. The van der Waals surface area contributed by atoms with Crippen LogP contribution in [0.4, 0.5) is 0 Å². The molecule has 75 valence electrons. The largest absolute Gasteiger partial charge is 0.465 e. The summed E-state index contributed by atoms with van der Waals surface area (Å²) in [6.45, 7) is 3.56. The highest BCUT2D eigenvalue weighted by molar-refractivity contribution is 7.72. The number of methoxy groups -OCH3 is 1. The third-order valence-electron chi connectivity index (χ3n) is 1.71. The average Bonchev–Trinajstić information content (AvgIpc) is 2.16. The molecular formula is C9H9O4S. The highest BCUT2D eigenvalue weighted by atomic mass is 32.2. The Morgan fingerprint density at radius 1 is 1.43 bits per heavy atom. The van der Waals surface area contributed by atoms with Gasteiger partial charge in [0.15, 0.2) is 10.7 Å². The molecule has 0 saturated carbocycles. The van der Waals surface area contributed by atoms with Gasteiger partial charge in [0, 0.05) is 0 Å². The third-order valence-corrected chi connectivity index (χ3v) is 2.48. The van der Waals surface area contributed by atoms with Gasteiger partial charge in [0.25, 0.3) is 0 Å². The summed E-state index contributed by atoms with van der Waals surface area (Å²) in [5.74, 6) is -0.690. The lowest BCUT2D eigenvalue weighted by molar-refractivity contribution is 0.0596. The molecule has 0 aliphatic carbocycles. The highest BCUT2D eigenvalue weighted by Crippen LogP contribution is 2.16. The maximum absolute atomic E-state index is 11.2. The van der Waals surface area contributed by atoms with Crippen LogP contribution in [0.2, 0.25) is 0 Å². The topological polar surface area (TPSA) is 60.4 Å². The molecule has 1 radical (unpaired) electrons. The lowest BCUT2D eigenvalue weighted by Crippen LogP contribution is -2.07. The van der Waals surface area contributed by atoms with Gasteiger partial charge in [-0.3, -0.25) is 0 Å². The normalized spacial score (nSPS) is 10.2. The van der Waals surface area contributed by atoms with E-state index in [0.29, 0.717) is 5.56 Å². The van der Waals surface area contributed by atoms with Crippen molar-refractivity contribution < 1.29 is 17.9 Å². The van der Waals surface area contributed by atoms with Crippen LogP contribution in [0.1, 0.15) is 15.9 Å². The van der Waals surface area contributed by atoms with Gasteiger partial charge >= 0.3 is 5.97 Å². The van der Waals surface area contributed by atoms with Crippen LogP contribution in [-0.2, 0) is 15.4 Å². The smallest absolute Gasteiger partial charge is 0.339 e. The SMILES string of the molecule is [CH2]c1cccc([SH](=O)=O)c1C(=O)OC. The first-order chi connectivity index (χ1) is 6.57. The molecule has 4 nitrogen and oxygen atoms in total. The van der Waals surface area contributed by atoms with Crippen LogP contribution in [0.3, 0.4) is 0 Å². The molecule has 0 unspecified atom stereocenters. The maximum atomic E-state index is 11.2. The van der Waals surface area contributed by atoms with E-state index < -0.39 is 16.7 Å². The van der Waals surface area contributed by atoms with Gasteiger partial charge in [-0.15, -0.1) is 0 Å². The van der Waals surface area contributed by atoms with Gasteiger partial charge in [-0.2, -0.15) is 0 Å². The Kier molecular flexibility index (Phi) is 3.24. The number of esters is 1. The summed E-state index contributed by atoms with van der Waals surface area (Å²) in [6.07, 6.45) is 0. The molecule has 0 aromatic heterocycles. The zero-order valence-electron chi connectivity index (χ0n) is 7.52. The second-order valence-electron chi connectivity index (χ2n) is 2.56. The third kappa shape index (κ3) is 1.93. The van der Waals surface area contributed by atoms with Crippen LogP contribution < -0.4 is 0 Å². The highest BCUT2D eigenvalue weighted by Gasteiger charge is 2.15. The fourth-order valence-electron chi connectivity index (χ4n) is 1.08. The molecule has 0 heterocycles. The first-order valence-corrected chi connectivity index (χ1v) is 4.93. The molecule has 0 fully saturated rings. The minimum absolute atomic E-state index is 0.00566. The molecular weight excluding hydrogens is 204 g/mol. The fourth-order valence-corrected chi connectivity index (χ4v) is 1.70. The second kappa shape index (κ2) is 4.23. The van der Waals surface area contributed by atoms with E-state index in [9.17, 15) is 13.2 Å². The van der Waals surface area contributed by atoms with Crippen LogP contribution in [0.25, 0.3) is 0 Å². The van der Waals surface area contributed by atoms with Gasteiger partial charge in [-0.1, -0.05) is 12.1 Å². The lowest BCUT2D eigenvalue weighted by Gasteiger charge is -2.05. The zero-order valence-corrected chi connectivity index (χ0v) is 8.41. The van der Waals surface area contributed by atoms with Gasteiger partial charge in [-0.05, 0) is 18.6 Å². The molecule has 14 heavy (non-hydrogen) atoms. The van der Waals surface area contributed by atoms with E-state index in [1.54, 1.807) is 6.07 Å². The molecule has 0 amide bonds. The van der Waals surface area contributed by atoms with E-state index in [-0.39, 0.29) is 10.5 Å².